The first-order valence-electron chi connectivity index (χ1n) is 16.2. The molecule has 0 radical (unpaired) electrons. The Bertz CT molecular complexity index is 1540. The lowest BCUT2D eigenvalue weighted by Gasteiger charge is -2.38. The molecule has 0 bridgehead atoms. The molecule has 0 spiro atoms. The van der Waals surface area contributed by atoms with E-state index in [1.807, 2.05) is 6.08 Å². The molecule has 2 aromatic carbocycles. The van der Waals surface area contributed by atoms with Crippen molar-refractivity contribution in [2.24, 2.45) is 40.7 Å². The highest BCUT2D eigenvalue weighted by Crippen LogP contribution is 2.60. The maximum absolute atomic E-state index is 9.78. The molecule has 42 heavy (non-hydrogen) atoms. The maximum Gasteiger partial charge on any atom is 0.186 e. The van der Waals surface area contributed by atoms with Gasteiger partial charge in [-0.15, -0.1) is 5.47 Å². The molecule has 6 atom stereocenters. The lowest BCUT2D eigenvalue weighted by Crippen LogP contribution is -2.36. The van der Waals surface area contributed by atoms with Gasteiger partial charge in [0.2, 0.25) is 0 Å². The van der Waals surface area contributed by atoms with Crippen molar-refractivity contribution in [2.75, 3.05) is 0 Å². The Morgan fingerprint density at radius 2 is 1.69 bits per heavy atom. The molecule has 2 nitrogen and oxygen atoms in total. The van der Waals surface area contributed by atoms with Crippen molar-refractivity contribution in [3.05, 3.63) is 120 Å². The fourth-order valence-corrected chi connectivity index (χ4v) is 8.87. The predicted octanol–water partition coefficient (Wildman–Crippen LogP) is 8.01. The van der Waals surface area contributed by atoms with Gasteiger partial charge in [-0.3, -0.25) is 0 Å². The van der Waals surface area contributed by atoms with Gasteiger partial charge in [0.25, 0.3) is 0 Å². The Hall–Kier alpha value is -3.30. The zero-order valence-electron chi connectivity index (χ0n) is 25.2. The molecule has 0 saturated heterocycles. The van der Waals surface area contributed by atoms with Crippen molar-refractivity contribution < 1.29 is 5.11 Å². The summed E-state index contributed by atoms with van der Waals surface area (Å²) in [5.41, 5.74) is 17.0. The number of hydrogen-bond donors (Lipinski definition) is 2. The lowest BCUT2D eigenvalue weighted by molar-refractivity contribution is 0.182. The molecule has 7 rings (SSSR count). The molecular formula is C39H44BNO. The van der Waals surface area contributed by atoms with Gasteiger partial charge < -0.3 is 10.8 Å². The minimum Gasteiger partial charge on any atom is -0.512 e. The fourth-order valence-electron chi connectivity index (χ4n) is 8.87. The molecular weight excluding hydrogens is 509 g/mol. The van der Waals surface area contributed by atoms with E-state index >= 15 is 0 Å². The molecule has 0 aliphatic heterocycles. The molecule has 5 aliphatic carbocycles. The van der Waals surface area contributed by atoms with Crippen LogP contribution in [-0.2, 0) is 0 Å². The summed E-state index contributed by atoms with van der Waals surface area (Å²) in [6.45, 7) is 4.93. The first kappa shape index (κ1) is 27.5. The van der Waals surface area contributed by atoms with Crippen molar-refractivity contribution in [1.29, 1.82) is 0 Å². The SMILES string of the molecule is CC1(C)C2C=CC=CC2C2C=C(c3cc(BC4=CCC(C5=CC=C(O)CC5)CC4)cc(-c4ccccc4)c3)C(N)CC21. The van der Waals surface area contributed by atoms with Crippen LogP contribution >= 0.6 is 0 Å². The van der Waals surface area contributed by atoms with Crippen molar-refractivity contribution in [1.82, 2.24) is 0 Å². The topological polar surface area (TPSA) is 46.2 Å². The van der Waals surface area contributed by atoms with E-state index in [2.05, 4.69) is 105 Å². The van der Waals surface area contributed by atoms with Gasteiger partial charge in [0.05, 0.1) is 5.76 Å². The van der Waals surface area contributed by atoms with E-state index in [9.17, 15) is 5.11 Å². The van der Waals surface area contributed by atoms with Gasteiger partial charge in [0, 0.05) is 12.5 Å². The highest BCUT2D eigenvalue weighted by molar-refractivity contribution is 6.61. The Labute approximate surface area is 252 Å². The second-order valence-corrected chi connectivity index (χ2v) is 14.0. The van der Waals surface area contributed by atoms with Gasteiger partial charge in [-0.1, -0.05) is 110 Å². The Morgan fingerprint density at radius 3 is 2.45 bits per heavy atom. The van der Waals surface area contributed by atoms with Crippen molar-refractivity contribution in [2.45, 2.75) is 58.4 Å². The van der Waals surface area contributed by atoms with E-state index in [4.69, 9.17) is 5.73 Å². The van der Waals surface area contributed by atoms with Crippen molar-refractivity contribution in [3.63, 3.8) is 0 Å². The van der Waals surface area contributed by atoms with Gasteiger partial charge in [0.1, 0.15) is 0 Å². The molecule has 1 fully saturated rings. The van der Waals surface area contributed by atoms with E-state index in [0.717, 1.165) is 39.4 Å². The monoisotopic (exact) mass is 553 g/mol. The zero-order chi connectivity index (χ0) is 28.8. The van der Waals surface area contributed by atoms with Gasteiger partial charge in [-0.2, -0.15) is 0 Å². The quantitative estimate of drug-likeness (QED) is 0.369. The van der Waals surface area contributed by atoms with E-state index in [1.165, 1.54) is 39.7 Å². The maximum atomic E-state index is 9.78. The van der Waals surface area contributed by atoms with Crippen LogP contribution in [0.25, 0.3) is 16.7 Å². The van der Waals surface area contributed by atoms with E-state index in [1.54, 1.807) is 5.47 Å². The molecule has 0 aromatic heterocycles. The molecule has 5 aliphatic rings. The van der Waals surface area contributed by atoms with Crippen LogP contribution in [0.1, 0.15) is 57.9 Å². The van der Waals surface area contributed by atoms with Crippen LogP contribution in [-0.4, -0.2) is 18.4 Å². The first-order chi connectivity index (χ1) is 20.4. The summed E-state index contributed by atoms with van der Waals surface area (Å²) in [4.78, 5) is 0. The highest BCUT2D eigenvalue weighted by atomic mass is 16.3. The summed E-state index contributed by atoms with van der Waals surface area (Å²) >= 11 is 0. The zero-order valence-corrected chi connectivity index (χ0v) is 25.2. The van der Waals surface area contributed by atoms with Crippen LogP contribution in [0.15, 0.2) is 114 Å². The second kappa shape index (κ2) is 11.1. The minimum absolute atomic E-state index is 0.0596. The average Bonchev–Trinajstić information content (AvgIpc) is 3.23. The fraction of sp³-hybridized carbons (Fsp3) is 0.385. The van der Waals surface area contributed by atoms with Gasteiger partial charge >= 0.3 is 0 Å². The molecule has 3 heteroatoms. The molecule has 0 heterocycles. The number of allylic oxidation sites excluding steroid dienone is 11. The molecule has 2 aromatic rings. The number of nitrogens with two attached hydrogens (primary N) is 1. The van der Waals surface area contributed by atoms with Crippen LogP contribution in [0, 0.1) is 35.0 Å². The summed E-state index contributed by atoms with van der Waals surface area (Å²) < 4.78 is 0. The highest BCUT2D eigenvalue weighted by Gasteiger charge is 2.54. The minimum atomic E-state index is 0.0596. The number of rotatable bonds is 5. The summed E-state index contributed by atoms with van der Waals surface area (Å²) in [5, 5.41) is 9.78. The van der Waals surface area contributed by atoms with E-state index in [0.29, 0.717) is 35.3 Å². The number of aliphatic hydroxyl groups is 1. The summed E-state index contributed by atoms with van der Waals surface area (Å²) in [6.07, 6.45) is 24.9. The van der Waals surface area contributed by atoms with E-state index < -0.39 is 0 Å². The number of fused-ring (bicyclic) bond motifs is 3. The largest absolute Gasteiger partial charge is 0.512 e. The predicted molar refractivity (Wildman–Crippen MR) is 179 cm³/mol. The van der Waals surface area contributed by atoms with Crippen molar-refractivity contribution >= 4 is 18.3 Å². The number of hydrogen-bond acceptors (Lipinski definition) is 2. The van der Waals surface area contributed by atoms with Crippen LogP contribution in [0.4, 0.5) is 0 Å². The third-order valence-corrected chi connectivity index (χ3v) is 11.2. The Balaban J connectivity index is 1.20. The molecule has 3 N–H and O–H groups in total. The third kappa shape index (κ3) is 5.11. The second-order valence-electron chi connectivity index (χ2n) is 14.0. The third-order valence-electron chi connectivity index (χ3n) is 11.2. The summed E-state index contributed by atoms with van der Waals surface area (Å²) in [7, 11) is 1.000. The van der Waals surface area contributed by atoms with E-state index in [-0.39, 0.29) is 11.5 Å². The lowest BCUT2D eigenvalue weighted by atomic mass is 9.58. The number of aliphatic hydroxyl groups excluding tert-OH is 1. The summed E-state index contributed by atoms with van der Waals surface area (Å²) in [5.74, 6) is 3.42. The Kier molecular flexibility index (Phi) is 7.26. The van der Waals surface area contributed by atoms with Crippen molar-refractivity contribution in [3.8, 4) is 11.1 Å². The molecule has 214 valence electrons. The van der Waals surface area contributed by atoms with Crippen LogP contribution in [0.3, 0.4) is 0 Å². The first-order valence-corrected chi connectivity index (χ1v) is 16.2. The standard InChI is InChI=1S/C39H44BNO/c1-39(2)36-11-7-6-10-33(36)35-23-34(38(41)24-37(35)39)29-20-28(25-8-4-3-5-9-25)21-31(22-29)40-30-16-12-26(13-17-30)27-14-18-32(42)19-15-27/h3-11,14,16,18,20-23,26,33,35-38,40,42H,12-13,15,17,19,24,41H2,1-2H3. The van der Waals surface area contributed by atoms with Gasteiger partial charge in [0.15, 0.2) is 7.28 Å². The normalized spacial score (nSPS) is 31.3. The molecule has 1 saturated carbocycles. The molecule has 6 unspecified atom stereocenters. The number of benzene rings is 2. The average molecular weight is 554 g/mol. The van der Waals surface area contributed by atoms with Gasteiger partial charge in [-0.25, -0.2) is 0 Å². The van der Waals surface area contributed by atoms with Crippen LogP contribution < -0.4 is 11.2 Å². The van der Waals surface area contributed by atoms with Crippen LogP contribution in [0.5, 0.6) is 0 Å². The Morgan fingerprint density at radius 1 is 0.881 bits per heavy atom. The summed E-state index contributed by atoms with van der Waals surface area (Å²) in [6, 6.07) is 18.1. The van der Waals surface area contributed by atoms with Gasteiger partial charge in [-0.05, 0) is 102 Å². The van der Waals surface area contributed by atoms with Crippen LogP contribution in [0.2, 0.25) is 0 Å². The smallest absolute Gasteiger partial charge is 0.186 e. The molecule has 0 amide bonds.